The van der Waals surface area contributed by atoms with Crippen molar-refractivity contribution >= 4 is 30.9 Å². The van der Waals surface area contributed by atoms with Gasteiger partial charge < -0.3 is 5.73 Å². The van der Waals surface area contributed by atoms with Gasteiger partial charge in [-0.2, -0.15) is 0 Å². The third-order valence-corrected chi connectivity index (χ3v) is 0.982. The third kappa shape index (κ3) is 1.32. The van der Waals surface area contributed by atoms with Gasteiger partial charge in [0.1, 0.15) is 18.8 Å². The van der Waals surface area contributed by atoms with Crippen LogP contribution in [0.3, 0.4) is 0 Å². The first-order chi connectivity index (χ1) is 4.20. The van der Waals surface area contributed by atoms with Gasteiger partial charge in [-0.25, -0.2) is 9.97 Å². The number of anilines is 1. The van der Waals surface area contributed by atoms with E-state index in [1.54, 1.807) is 0 Å². The van der Waals surface area contributed by atoms with Crippen LogP contribution in [0.25, 0.3) is 0 Å². The summed E-state index contributed by atoms with van der Waals surface area (Å²) in [4.78, 5) is 7.27. The fourth-order valence-corrected chi connectivity index (χ4v) is 0.530. The number of aromatic nitrogens is 2. The van der Waals surface area contributed by atoms with Crippen molar-refractivity contribution < 1.29 is 0 Å². The molecule has 1 rings (SSSR count). The molecule has 0 aliphatic carbocycles. The molecule has 0 aliphatic heterocycles. The predicted molar refractivity (Wildman–Crippen MR) is 36.8 cm³/mol. The van der Waals surface area contributed by atoms with E-state index in [1.165, 1.54) is 6.20 Å². The van der Waals surface area contributed by atoms with Gasteiger partial charge in [0.2, 0.25) is 0 Å². The first-order valence-electron chi connectivity index (χ1n) is 2.23. The summed E-state index contributed by atoms with van der Waals surface area (Å²) in [6.07, 6.45) is 1.34. The predicted octanol–water partition coefficient (Wildman–Crippen LogP) is -0.494. The summed E-state index contributed by atoms with van der Waals surface area (Å²) in [5.74, 6) is 0.208. The lowest BCUT2D eigenvalue weighted by Crippen LogP contribution is -2.15. The lowest BCUT2D eigenvalue weighted by Gasteiger charge is -1.95. The lowest BCUT2D eigenvalue weighted by molar-refractivity contribution is 1.25. The quantitative estimate of drug-likeness (QED) is 0.493. The molecule has 5 heteroatoms. The molecule has 9 heavy (non-hydrogen) atoms. The number of nitrogens with two attached hydrogens (primary N) is 1. The molecule has 1 aromatic heterocycles. The number of hydrogen-bond acceptors (Lipinski definition) is 3. The van der Waals surface area contributed by atoms with E-state index in [0.717, 1.165) is 0 Å². The third-order valence-electron chi connectivity index (χ3n) is 0.800. The van der Waals surface area contributed by atoms with Crippen molar-refractivity contribution in [1.82, 2.24) is 9.97 Å². The van der Waals surface area contributed by atoms with E-state index in [1.807, 2.05) is 0 Å². The highest BCUT2D eigenvalue weighted by molar-refractivity contribution is 6.35. The Hall–Kier alpha value is -0.765. The Morgan fingerprint density at radius 2 is 2.33 bits per heavy atom. The molecule has 2 N–H and O–H groups in total. The van der Waals surface area contributed by atoms with Crippen LogP contribution in [-0.4, -0.2) is 17.8 Å². The van der Waals surface area contributed by atoms with Crippen molar-refractivity contribution in [3.05, 3.63) is 11.3 Å². The Morgan fingerprint density at radius 1 is 1.67 bits per heavy atom. The molecule has 0 unspecified atom stereocenters. The second-order valence-corrected chi connectivity index (χ2v) is 1.85. The van der Waals surface area contributed by atoms with E-state index in [-0.39, 0.29) is 16.6 Å². The van der Waals surface area contributed by atoms with Crippen LogP contribution in [0.4, 0.5) is 5.82 Å². The van der Waals surface area contributed by atoms with Crippen LogP contribution in [0.2, 0.25) is 5.15 Å². The van der Waals surface area contributed by atoms with E-state index in [0.29, 0.717) is 0 Å². The zero-order chi connectivity index (χ0) is 6.85. The van der Waals surface area contributed by atoms with Crippen LogP contribution in [0.1, 0.15) is 0 Å². The van der Waals surface area contributed by atoms with Crippen molar-refractivity contribution in [2.75, 3.05) is 5.73 Å². The highest BCUT2D eigenvalue weighted by Crippen LogP contribution is 1.98. The molecule has 44 valence electrons. The summed E-state index contributed by atoms with van der Waals surface area (Å²) in [7, 11) is 5.24. The SMILES string of the molecule is [B]c1nc(Cl)cnc1N. The van der Waals surface area contributed by atoms with Crippen LogP contribution >= 0.6 is 11.6 Å². The first kappa shape index (κ1) is 6.36. The van der Waals surface area contributed by atoms with Crippen LogP contribution < -0.4 is 11.3 Å². The van der Waals surface area contributed by atoms with E-state index in [9.17, 15) is 0 Å². The molecule has 2 radical (unpaired) electrons. The molecule has 3 nitrogen and oxygen atoms in total. The highest BCUT2D eigenvalue weighted by Gasteiger charge is 1.94. The minimum Gasteiger partial charge on any atom is -0.383 e. The van der Waals surface area contributed by atoms with Gasteiger partial charge in [0.25, 0.3) is 0 Å². The largest absolute Gasteiger partial charge is 0.383 e. The van der Waals surface area contributed by atoms with Crippen LogP contribution in [-0.2, 0) is 0 Å². The molecule has 0 aromatic carbocycles. The van der Waals surface area contributed by atoms with Crippen molar-refractivity contribution in [3.63, 3.8) is 0 Å². The normalized spacial score (nSPS) is 9.44. The van der Waals surface area contributed by atoms with Gasteiger partial charge in [0.15, 0.2) is 0 Å². The summed E-state index contributed by atoms with van der Waals surface area (Å²) >= 11 is 5.41. The lowest BCUT2D eigenvalue weighted by atomic mass is 10.1. The molecule has 0 spiro atoms. The Kier molecular flexibility index (Phi) is 1.57. The molecule has 0 atom stereocenters. The van der Waals surface area contributed by atoms with Gasteiger partial charge in [-0.3, -0.25) is 0 Å². The van der Waals surface area contributed by atoms with E-state index in [4.69, 9.17) is 25.2 Å². The average molecular weight is 139 g/mol. The fourth-order valence-electron chi connectivity index (χ4n) is 0.390. The Bertz CT molecular complexity index is 227. The van der Waals surface area contributed by atoms with Gasteiger partial charge in [-0.1, -0.05) is 11.6 Å². The maximum atomic E-state index is 5.41. The molecule has 0 aliphatic rings. The summed E-state index contributed by atoms with van der Waals surface area (Å²) in [5, 5.41) is 0.252. The van der Waals surface area contributed by atoms with Gasteiger partial charge in [0.05, 0.1) is 6.20 Å². The second kappa shape index (κ2) is 2.23. The Labute approximate surface area is 58.7 Å². The van der Waals surface area contributed by atoms with Crippen LogP contribution in [0, 0.1) is 0 Å². The molecule has 1 aromatic rings. The minimum absolute atomic E-state index is 0.169. The molecule has 0 bridgehead atoms. The van der Waals surface area contributed by atoms with E-state index in [2.05, 4.69) is 9.97 Å². The Morgan fingerprint density at radius 3 is 2.78 bits per heavy atom. The first-order valence-corrected chi connectivity index (χ1v) is 2.61. The summed E-state index contributed by atoms with van der Waals surface area (Å²) < 4.78 is 0. The number of halogens is 1. The molecule has 0 saturated heterocycles. The smallest absolute Gasteiger partial charge is 0.147 e. The molecule has 0 amide bonds. The molecule has 0 fully saturated rings. The second-order valence-electron chi connectivity index (χ2n) is 1.46. The number of nitrogen functional groups attached to an aromatic ring is 1. The van der Waals surface area contributed by atoms with E-state index >= 15 is 0 Å². The van der Waals surface area contributed by atoms with Crippen molar-refractivity contribution in [2.45, 2.75) is 0 Å². The van der Waals surface area contributed by atoms with Crippen molar-refractivity contribution in [1.29, 1.82) is 0 Å². The topological polar surface area (TPSA) is 51.8 Å². The summed E-state index contributed by atoms with van der Waals surface area (Å²) in [5.41, 5.74) is 5.40. The maximum absolute atomic E-state index is 5.41. The van der Waals surface area contributed by atoms with Crippen molar-refractivity contribution in [2.24, 2.45) is 0 Å². The van der Waals surface area contributed by atoms with Gasteiger partial charge in [0, 0.05) is 5.59 Å². The summed E-state index contributed by atoms with van der Waals surface area (Å²) in [6, 6.07) is 0. The maximum Gasteiger partial charge on any atom is 0.147 e. The van der Waals surface area contributed by atoms with Gasteiger partial charge >= 0.3 is 0 Å². The average Bonchev–Trinajstić information content (AvgIpc) is 1.80. The Balaban J connectivity index is 3.17. The molecule has 1 heterocycles. The number of nitrogens with zero attached hydrogens (tertiary/aromatic N) is 2. The van der Waals surface area contributed by atoms with Gasteiger partial charge in [-0.05, 0) is 0 Å². The number of rotatable bonds is 0. The minimum atomic E-state index is 0.169. The molecule has 0 saturated carbocycles. The molecular formula is C4H3BClN3. The van der Waals surface area contributed by atoms with Crippen LogP contribution in [0.15, 0.2) is 6.20 Å². The van der Waals surface area contributed by atoms with E-state index < -0.39 is 0 Å². The monoisotopic (exact) mass is 139 g/mol. The zero-order valence-corrected chi connectivity index (χ0v) is 5.26. The van der Waals surface area contributed by atoms with Gasteiger partial charge in [-0.15, -0.1) is 0 Å². The van der Waals surface area contributed by atoms with Crippen molar-refractivity contribution in [3.8, 4) is 0 Å². The fraction of sp³-hybridized carbons (Fsp3) is 0. The van der Waals surface area contributed by atoms with Crippen LogP contribution in [0.5, 0.6) is 0 Å². The number of hydrogen-bond donors (Lipinski definition) is 1. The summed E-state index contributed by atoms with van der Waals surface area (Å²) in [6.45, 7) is 0. The standard InChI is InChI=1S/C4H3BClN3/c5-3-4(7)8-1-2(6)9-3/h1H,(H2,7,8). The highest BCUT2D eigenvalue weighted by atomic mass is 35.5. The molecular weight excluding hydrogens is 136 g/mol. The zero-order valence-electron chi connectivity index (χ0n) is 4.50.